The van der Waals surface area contributed by atoms with Crippen LogP contribution in [0.2, 0.25) is 6.32 Å². The van der Waals surface area contributed by atoms with Gasteiger partial charge in [-0.15, -0.1) is 0 Å². The van der Waals surface area contributed by atoms with Crippen molar-refractivity contribution in [2.45, 2.75) is 38.1 Å². The second-order valence-corrected chi connectivity index (χ2v) is 3.51. The van der Waals surface area contributed by atoms with Gasteiger partial charge in [0.2, 0.25) is 0 Å². The maximum absolute atomic E-state index is 9.50. The minimum absolute atomic E-state index is 0.333. The molecule has 0 heterocycles. The number of hydrogen-bond acceptors (Lipinski definition) is 1. The predicted molar refractivity (Wildman–Crippen MR) is 41.3 cm³/mol. The Labute approximate surface area is 57.9 Å². The molecule has 9 heavy (non-hydrogen) atoms. The molecule has 2 atom stereocenters. The van der Waals surface area contributed by atoms with E-state index >= 15 is 0 Å². The molecule has 1 rings (SSSR count). The Bertz CT molecular complexity index is 101. The molecule has 0 radical (unpaired) electrons. The SMILES string of the molecule is BCC1CCC(C)(O)C1. The van der Waals surface area contributed by atoms with Crippen LogP contribution in [0.3, 0.4) is 0 Å². The third kappa shape index (κ3) is 1.72. The summed E-state index contributed by atoms with van der Waals surface area (Å²) in [7, 11) is 2.20. The molecule has 1 N–H and O–H groups in total. The second kappa shape index (κ2) is 2.33. The van der Waals surface area contributed by atoms with Crippen molar-refractivity contribution in [2.24, 2.45) is 5.92 Å². The quantitative estimate of drug-likeness (QED) is 0.509. The molecule has 1 nitrogen and oxygen atoms in total. The van der Waals surface area contributed by atoms with E-state index in [2.05, 4.69) is 7.85 Å². The summed E-state index contributed by atoms with van der Waals surface area (Å²) < 4.78 is 0. The first-order valence-corrected chi connectivity index (χ1v) is 3.86. The highest BCUT2D eigenvalue weighted by Crippen LogP contribution is 2.35. The smallest absolute Gasteiger partial charge is 0.101 e. The Hall–Kier alpha value is 0.0249. The van der Waals surface area contributed by atoms with Gasteiger partial charge in [0.15, 0.2) is 0 Å². The van der Waals surface area contributed by atoms with E-state index in [1.807, 2.05) is 6.92 Å². The van der Waals surface area contributed by atoms with Crippen LogP contribution >= 0.6 is 0 Å². The maximum atomic E-state index is 9.50. The fourth-order valence-electron chi connectivity index (χ4n) is 1.69. The molecule has 2 heteroatoms. The van der Waals surface area contributed by atoms with Crippen LogP contribution in [0.4, 0.5) is 0 Å². The third-order valence-electron chi connectivity index (χ3n) is 2.40. The summed E-state index contributed by atoms with van der Waals surface area (Å²) in [6.07, 6.45) is 4.48. The first-order chi connectivity index (χ1) is 4.14. The van der Waals surface area contributed by atoms with E-state index in [9.17, 15) is 5.11 Å². The monoisotopic (exact) mass is 126 g/mol. The van der Waals surface area contributed by atoms with Crippen LogP contribution in [0.5, 0.6) is 0 Å². The molecule has 1 saturated carbocycles. The zero-order chi connectivity index (χ0) is 6.91. The molecule has 0 spiro atoms. The van der Waals surface area contributed by atoms with Crippen LogP contribution in [0.15, 0.2) is 0 Å². The van der Waals surface area contributed by atoms with Crippen molar-refractivity contribution in [3.63, 3.8) is 0 Å². The first kappa shape index (κ1) is 7.14. The van der Waals surface area contributed by atoms with Gasteiger partial charge in [0.1, 0.15) is 7.85 Å². The van der Waals surface area contributed by atoms with Gasteiger partial charge < -0.3 is 5.11 Å². The fraction of sp³-hybridized carbons (Fsp3) is 1.00. The minimum atomic E-state index is -0.333. The van der Waals surface area contributed by atoms with Crippen molar-refractivity contribution in [3.05, 3.63) is 0 Å². The second-order valence-electron chi connectivity index (χ2n) is 3.51. The zero-order valence-electron chi connectivity index (χ0n) is 6.35. The van der Waals surface area contributed by atoms with E-state index in [-0.39, 0.29) is 5.60 Å². The van der Waals surface area contributed by atoms with Gasteiger partial charge in [-0.25, -0.2) is 0 Å². The molecule has 2 unspecified atom stereocenters. The number of rotatable bonds is 1. The van der Waals surface area contributed by atoms with Crippen LogP contribution in [-0.2, 0) is 0 Å². The third-order valence-corrected chi connectivity index (χ3v) is 2.40. The summed E-state index contributed by atoms with van der Waals surface area (Å²) >= 11 is 0. The molecular formula is C7H15BO. The summed E-state index contributed by atoms with van der Waals surface area (Å²) in [5.41, 5.74) is -0.333. The minimum Gasteiger partial charge on any atom is -0.390 e. The summed E-state index contributed by atoms with van der Waals surface area (Å²) in [5.74, 6) is 0.792. The standard InChI is InChI=1S/C7H15BO/c1-7(9)3-2-6(4-7)5-8/h6,9H,2-5,8H2,1H3. The van der Waals surface area contributed by atoms with Crippen molar-refractivity contribution in [1.29, 1.82) is 0 Å². The highest BCUT2D eigenvalue weighted by Gasteiger charge is 2.31. The fourth-order valence-corrected chi connectivity index (χ4v) is 1.69. The summed E-state index contributed by atoms with van der Waals surface area (Å²) in [6.45, 7) is 1.95. The normalized spacial score (nSPS) is 43.6. The average Bonchev–Trinajstić information content (AvgIpc) is 2.10. The number of aliphatic hydroxyl groups is 1. The van der Waals surface area contributed by atoms with E-state index in [0.29, 0.717) is 0 Å². The van der Waals surface area contributed by atoms with Crippen LogP contribution in [0.25, 0.3) is 0 Å². The van der Waals surface area contributed by atoms with Crippen molar-refractivity contribution in [2.75, 3.05) is 0 Å². The molecule has 1 fully saturated rings. The van der Waals surface area contributed by atoms with Gasteiger partial charge >= 0.3 is 0 Å². The lowest BCUT2D eigenvalue weighted by Gasteiger charge is -2.14. The summed E-state index contributed by atoms with van der Waals surface area (Å²) in [5, 5.41) is 9.50. The largest absolute Gasteiger partial charge is 0.390 e. The molecule has 0 bridgehead atoms. The molecule has 0 aromatic heterocycles. The zero-order valence-corrected chi connectivity index (χ0v) is 6.35. The van der Waals surface area contributed by atoms with Gasteiger partial charge in [0.05, 0.1) is 5.60 Å². The Morgan fingerprint density at radius 3 is 2.67 bits per heavy atom. The highest BCUT2D eigenvalue weighted by atomic mass is 16.3. The van der Waals surface area contributed by atoms with Crippen LogP contribution in [0, 0.1) is 5.92 Å². The van der Waals surface area contributed by atoms with Crippen molar-refractivity contribution in [1.82, 2.24) is 0 Å². The molecule has 0 aromatic rings. The number of hydrogen-bond donors (Lipinski definition) is 1. The topological polar surface area (TPSA) is 20.2 Å². The van der Waals surface area contributed by atoms with E-state index in [0.717, 1.165) is 18.8 Å². The van der Waals surface area contributed by atoms with E-state index in [1.54, 1.807) is 0 Å². The molecule has 1 aliphatic carbocycles. The molecule has 0 aromatic carbocycles. The van der Waals surface area contributed by atoms with E-state index < -0.39 is 0 Å². The van der Waals surface area contributed by atoms with E-state index in [1.165, 1.54) is 12.7 Å². The van der Waals surface area contributed by atoms with Crippen LogP contribution < -0.4 is 0 Å². The van der Waals surface area contributed by atoms with Crippen molar-refractivity contribution < 1.29 is 5.11 Å². The van der Waals surface area contributed by atoms with Crippen molar-refractivity contribution >= 4 is 7.85 Å². The van der Waals surface area contributed by atoms with Gasteiger partial charge in [-0.05, 0) is 32.1 Å². The maximum Gasteiger partial charge on any atom is 0.101 e. The van der Waals surface area contributed by atoms with E-state index in [4.69, 9.17) is 0 Å². The molecule has 52 valence electrons. The molecule has 0 aliphatic heterocycles. The Morgan fingerprint density at radius 1 is 1.78 bits per heavy atom. The van der Waals surface area contributed by atoms with Gasteiger partial charge in [0, 0.05) is 0 Å². The lowest BCUT2D eigenvalue weighted by molar-refractivity contribution is 0.0644. The van der Waals surface area contributed by atoms with Gasteiger partial charge in [-0.2, -0.15) is 0 Å². The van der Waals surface area contributed by atoms with Gasteiger partial charge in [0.25, 0.3) is 0 Å². The van der Waals surface area contributed by atoms with Gasteiger partial charge in [-0.1, -0.05) is 6.32 Å². The van der Waals surface area contributed by atoms with Crippen LogP contribution in [-0.4, -0.2) is 18.6 Å². The lowest BCUT2D eigenvalue weighted by atomic mass is 9.89. The molecule has 1 aliphatic rings. The van der Waals surface area contributed by atoms with Crippen molar-refractivity contribution in [3.8, 4) is 0 Å². The Kier molecular flexibility index (Phi) is 1.85. The summed E-state index contributed by atoms with van der Waals surface area (Å²) in [4.78, 5) is 0. The highest BCUT2D eigenvalue weighted by molar-refractivity contribution is 6.08. The molecule has 0 saturated heterocycles. The molecular weight excluding hydrogens is 111 g/mol. The lowest BCUT2D eigenvalue weighted by Crippen LogP contribution is -2.18. The predicted octanol–water partition coefficient (Wildman–Crippen LogP) is 0.589. The Balaban J connectivity index is 2.38. The summed E-state index contributed by atoms with van der Waals surface area (Å²) in [6, 6.07) is 0. The van der Waals surface area contributed by atoms with Crippen LogP contribution in [0.1, 0.15) is 26.2 Å². The van der Waals surface area contributed by atoms with Gasteiger partial charge in [-0.3, -0.25) is 0 Å². The molecule has 0 amide bonds. The Morgan fingerprint density at radius 2 is 2.44 bits per heavy atom. The average molecular weight is 126 g/mol. The first-order valence-electron chi connectivity index (χ1n) is 3.86.